The van der Waals surface area contributed by atoms with Crippen LogP contribution in [0.5, 0.6) is 0 Å². The number of hydrogen-bond donors (Lipinski definition) is 2. The smallest absolute Gasteiger partial charge is 0.222 e. The van der Waals surface area contributed by atoms with Crippen molar-refractivity contribution in [2.45, 2.75) is 51.2 Å². The molecule has 2 atom stereocenters. The molecule has 1 heterocycles. The Labute approximate surface area is 91.5 Å². The fraction of sp³-hybridized carbons (Fsp3) is 0.909. The van der Waals surface area contributed by atoms with Gasteiger partial charge in [-0.05, 0) is 25.7 Å². The average molecular weight is 214 g/mol. The Morgan fingerprint density at radius 1 is 1.67 bits per heavy atom. The molecule has 1 fully saturated rings. The van der Waals surface area contributed by atoms with Gasteiger partial charge < -0.3 is 15.8 Å². The number of rotatable bonds is 6. The van der Waals surface area contributed by atoms with Crippen LogP contribution in [-0.4, -0.2) is 31.2 Å². The highest BCUT2D eigenvalue weighted by Crippen LogP contribution is 2.14. The minimum Gasteiger partial charge on any atom is -0.378 e. The maximum Gasteiger partial charge on any atom is 0.222 e. The first kappa shape index (κ1) is 12.5. The van der Waals surface area contributed by atoms with Crippen LogP contribution in [0.4, 0.5) is 0 Å². The highest BCUT2D eigenvalue weighted by atomic mass is 16.5. The van der Waals surface area contributed by atoms with Gasteiger partial charge in [0.25, 0.3) is 0 Å². The first-order valence-electron chi connectivity index (χ1n) is 5.86. The molecular weight excluding hydrogens is 192 g/mol. The molecule has 0 aliphatic carbocycles. The van der Waals surface area contributed by atoms with Crippen LogP contribution in [0.1, 0.15) is 39.0 Å². The fourth-order valence-corrected chi connectivity index (χ4v) is 1.69. The van der Waals surface area contributed by atoms with Gasteiger partial charge in [-0.15, -0.1) is 0 Å². The van der Waals surface area contributed by atoms with Crippen LogP contribution >= 0.6 is 0 Å². The van der Waals surface area contributed by atoms with Crippen LogP contribution in [0.2, 0.25) is 0 Å². The Balaban J connectivity index is 2.02. The average Bonchev–Trinajstić information content (AvgIpc) is 2.70. The molecule has 0 radical (unpaired) electrons. The predicted molar refractivity (Wildman–Crippen MR) is 59.5 cm³/mol. The number of nitrogens with two attached hydrogens (primary N) is 1. The van der Waals surface area contributed by atoms with Crippen molar-refractivity contribution < 1.29 is 9.53 Å². The molecule has 88 valence electrons. The number of amides is 1. The van der Waals surface area contributed by atoms with Crippen molar-refractivity contribution in [1.29, 1.82) is 0 Å². The summed E-state index contributed by atoms with van der Waals surface area (Å²) >= 11 is 0. The minimum absolute atomic E-state index is 0.0882. The highest BCUT2D eigenvalue weighted by Gasteiger charge is 2.18. The molecule has 1 saturated heterocycles. The van der Waals surface area contributed by atoms with E-state index in [9.17, 15) is 4.79 Å². The lowest BCUT2D eigenvalue weighted by Gasteiger charge is -2.11. The summed E-state index contributed by atoms with van der Waals surface area (Å²) in [5.74, 6) is 0.0882. The number of ether oxygens (including phenoxy) is 1. The third-order valence-electron chi connectivity index (χ3n) is 2.80. The Bertz CT molecular complexity index is 191. The Hall–Kier alpha value is -0.610. The molecule has 0 bridgehead atoms. The van der Waals surface area contributed by atoms with E-state index in [1.54, 1.807) is 0 Å². The first-order chi connectivity index (χ1) is 7.22. The normalized spacial score (nSPS) is 22.7. The largest absolute Gasteiger partial charge is 0.378 e. The summed E-state index contributed by atoms with van der Waals surface area (Å²) < 4.78 is 5.39. The zero-order chi connectivity index (χ0) is 11.1. The van der Waals surface area contributed by atoms with Gasteiger partial charge in [0.1, 0.15) is 0 Å². The van der Waals surface area contributed by atoms with Gasteiger partial charge in [0.15, 0.2) is 0 Å². The molecule has 0 saturated carbocycles. The Kier molecular flexibility index (Phi) is 5.65. The van der Waals surface area contributed by atoms with Gasteiger partial charge >= 0.3 is 0 Å². The second-order valence-electron chi connectivity index (χ2n) is 4.15. The molecular formula is C11H22N2O2. The summed E-state index contributed by atoms with van der Waals surface area (Å²) in [5.41, 5.74) is 5.75. The van der Waals surface area contributed by atoms with Crippen LogP contribution in [0.25, 0.3) is 0 Å². The van der Waals surface area contributed by atoms with E-state index < -0.39 is 0 Å². The van der Waals surface area contributed by atoms with Crippen molar-refractivity contribution >= 4 is 5.91 Å². The van der Waals surface area contributed by atoms with Crippen molar-refractivity contribution in [2.24, 2.45) is 5.73 Å². The quantitative estimate of drug-likeness (QED) is 0.687. The zero-order valence-electron chi connectivity index (χ0n) is 9.50. The first-order valence-corrected chi connectivity index (χ1v) is 5.86. The van der Waals surface area contributed by atoms with Crippen LogP contribution in [0, 0.1) is 0 Å². The van der Waals surface area contributed by atoms with Gasteiger partial charge in [-0.2, -0.15) is 0 Å². The van der Waals surface area contributed by atoms with Crippen LogP contribution in [-0.2, 0) is 9.53 Å². The summed E-state index contributed by atoms with van der Waals surface area (Å²) in [6, 6.07) is 0.202. The Morgan fingerprint density at radius 3 is 3.07 bits per heavy atom. The summed E-state index contributed by atoms with van der Waals surface area (Å²) in [7, 11) is 0. The second kappa shape index (κ2) is 6.80. The molecule has 3 N–H and O–H groups in total. The van der Waals surface area contributed by atoms with Gasteiger partial charge in [-0.25, -0.2) is 0 Å². The monoisotopic (exact) mass is 214 g/mol. The molecule has 4 nitrogen and oxygen atoms in total. The van der Waals surface area contributed by atoms with Crippen molar-refractivity contribution in [3.8, 4) is 0 Å². The lowest BCUT2D eigenvalue weighted by atomic mass is 10.1. The maximum absolute atomic E-state index is 11.4. The van der Waals surface area contributed by atoms with E-state index >= 15 is 0 Å². The van der Waals surface area contributed by atoms with E-state index in [4.69, 9.17) is 10.5 Å². The summed E-state index contributed by atoms with van der Waals surface area (Å²) in [6.45, 7) is 3.54. The van der Waals surface area contributed by atoms with E-state index in [-0.39, 0.29) is 18.1 Å². The zero-order valence-corrected chi connectivity index (χ0v) is 9.50. The van der Waals surface area contributed by atoms with Crippen LogP contribution in [0.15, 0.2) is 0 Å². The molecule has 15 heavy (non-hydrogen) atoms. The maximum atomic E-state index is 11.4. The molecule has 1 amide bonds. The fourth-order valence-electron chi connectivity index (χ4n) is 1.69. The SMILES string of the molecule is CCC(N)CCNC(=O)CC1CCCO1. The lowest BCUT2D eigenvalue weighted by Crippen LogP contribution is -2.31. The van der Waals surface area contributed by atoms with Gasteiger partial charge in [-0.1, -0.05) is 6.92 Å². The molecule has 2 unspecified atom stereocenters. The predicted octanol–water partition coefficient (Wildman–Crippen LogP) is 0.799. The van der Waals surface area contributed by atoms with Gasteiger partial charge in [0, 0.05) is 19.2 Å². The minimum atomic E-state index is 0.0882. The number of carbonyl (C=O) groups excluding carboxylic acids is 1. The van der Waals surface area contributed by atoms with Crippen molar-refractivity contribution in [3.05, 3.63) is 0 Å². The molecule has 1 aliphatic heterocycles. The Morgan fingerprint density at radius 2 is 2.47 bits per heavy atom. The number of hydrogen-bond acceptors (Lipinski definition) is 3. The molecule has 0 aromatic heterocycles. The van der Waals surface area contributed by atoms with Crippen molar-refractivity contribution in [2.75, 3.05) is 13.2 Å². The van der Waals surface area contributed by atoms with Crippen LogP contribution < -0.4 is 11.1 Å². The number of nitrogens with one attached hydrogen (secondary N) is 1. The van der Waals surface area contributed by atoms with E-state index in [0.29, 0.717) is 13.0 Å². The molecule has 1 rings (SSSR count). The van der Waals surface area contributed by atoms with Gasteiger partial charge in [0.2, 0.25) is 5.91 Å². The van der Waals surface area contributed by atoms with Crippen molar-refractivity contribution in [1.82, 2.24) is 5.32 Å². The lowest BCUT2D eigenvalue weighted by molar-refractivity contribution is -0.123. The number of carbonyl (C=O) groups is 1. The molecule has 1 aliphatic rings. The molecule has 0 spiro atoms. The van der Waals surface area contributed by atoms with Crippen molar-refractivity contribution in [3.63, 3.8) is 0 Å². The van der Waals surface area contributed by atoms with E-state index in [1.165, 1.54) is 0 Å². The summed E-state index contributed by atoms with van der Waals surface area (Å²) in [4.78, 5) is 11.4. The third-order valence-corrected chi connectivity index (χ3v) is 2.80. The van der Waals surface area contributed by atoms with E-state index in [1.807, 2.05) is 0 Å². The molecule has 0 aromatic carbocycles. The summed E-state index contributed by atoms with van der Waals surface area (Å²) in [6.07, 6.45) is 4.56. The molecule has 4 heteroatoms. The van der Waals surface area contributed by atoms with E-state index in [0.717, 1.165) is 32.3 Å². The van der Waals surface area contributed by atoms with Gasteiger partial charge in [0.05, 0.1) is 12.5 Å². The topological polar surface area (TPSA) is 64.3 Å². The van der Waals surface area contributed by atoms with Crippen LogP contribution in [0.3, 0.4) is 0 Å². The second-order valence-corrected chi connectivity index (χ2v) is 4.15. The standard InChI is InChI=1S/C11H22N2O2/c1-2-9(12)5-6-13-11(14)8-10-4-3-7-15-10/h9-10H,2-8,12H2,1H3,(H,13,14). The van der Waals surface area contributed by atoms with E-state index in [2.05, 4.69) is 12.2 Å². The van der Waals surface area contributed by atoms with Gasteiger partial charge in [-0.3, -0.25) is 4.79 Å². The third kappa shape index (κ3) is 5.14. The summed E-state index contributed by atoms with van der Waals surface area (Å²) in [5, 5.41) is 2.88. The molecule has 0 aromatic rings. The highest BCUT2D eigenvalue weighted by molar-refractivity contribution is 5.76.